The van der Waals surface area contributed by atoms with Crippen LogP contribution in [0, 0.1) is 5.92 Å². The summed E-state index contributed by atoms with van der Waals surface area (Å²) in [5.41, 5.74) is 8.95. The second kappa shape index (κ2) is 40.0. The van der Waals surface area contributed by atoms with Crippen molar-refractivity contribution in [1.29, 1.82) is 0 Å². The highest BCUT2D eigenvalue weighted by Gasteiger charge is 2.30. The van der Waals surface area contributed by atoms with Crippen molar-refractivity contribution in [1.82, 2.24) is 10.2 Å². The number of carbonyl (C=O) groups is 4. The van der Waals surface area contributed by atoms with Gasteiger partial charge in [0.1, 0.15) is 11.6 Å². The van der Waals surface area contributed by atoms with Gasteiger partial charge in [-0.15, -0.1) is 0 Å². The Kier molecular flexibility index (Phi) is 33.1. The molecule has 1 aliphatic heterocycles. The van der Waals surface area contributed by atoms with Gasteiger partial charge in [-0.1, -0.05) is 154 Å². The van der Waals surface area contributed by atoms with Crippen LogP contribution in [0.3, 0.4) is 0 Å². The smallest absolute Gasteiger partial charge is 0.267 e. The molecule has 2 amide bonds. The third-order valence-electron chi connectivity index (χ3n) is 16.7. The predicted molar refractivity (Wildman–Crippen MR) is 345 cm³/mol. The van der Waals surface area contributed by atoms with E-state index >= 15 is 0 Å². The van der Waals surface area contributed by atoms with E-state index in [1.54, 1.807) is 0 Å². The minimum Gasteiger partial charge on any atom is -0.756 e. The van der Waals surface area contributed by atoms with Gasteiger partial charge in [0.15, 0.2) is 0 Å². The Morgan fingerprint density at radius 2 is 1.12 bits per heavy atom. The average Bonchev–Trinajstić information content (AvgIpc) is 1.000. The van der Waals surface area contributed by atoms with E-state index in [2.05, 4.69) is 52.9 Å². The lowest BCUT2D eigenvalue weighted by molar-refractivity contribution is -0.226. The first kappa shape index (κ1) is 72.9. The van der Waals surface area contributed by atoms with Crippen LogP contribution in [0.4, 0.5) is 5.69 Å². The Labute approximate surface area is 533 Å². The number of nitrogens with zero attached hydrogens (tertiary/aromatic N) is 1. The van der Waals surface area contributed by atoms with Crippen LogP contribution in [-0.4, -0.2) is 81.5 Å². The van der Waals surface area contributed by atoms with Crippen molar-refractivity contribution < 1.29 is 60.9 Å². The summed E-state index contributed by atoms with van der Waals surface area (Å²) in [6.45, 7) is 4.58. The molecule has 0 aromatic heterocycles. The minimum absolute atomic E-state index is 0.0314. The number of rotatable bonds is 45. The fourth-order valence-corrected chi connectivity index (χ4v) is 13.7. The molecule has 20 heteroatoms. The number of anilines is 1. The maximum atomic E-state index is 12.9. The fourth-order valence-electron chi connectivity index (χ4n) is 11.8. The third kappa shape index (κ3) is 27.0. The number of benzene rings is 4. The maximum Gasteiger partial charge on any atom is 0.267 e. The van der Waals surface area contributed by atoms with Gasteiger partial charge in [0.25, 0.3) is 15.6 Å². The molecule has 1 aliphatic carbocycles. The molecule has 0 radical (unpaired) electrons. The van der Waals surface area contributed by atoms with Crippen molar-refractivity contribution in [2.75, 3.05) is 58.6 Å². The Morgan fingerprint density at radius 1 is 0.591 bits per heavy atom. The third-order valence-corrected chi connectivity index (χ3v) is 19.4. The average molecular weight is 1300 g/mol. The summed E-state index contributed by atoms with van der Waals surface area (Å²) in [7, 11) is -6.83. The monoisotopic (exact) mass is 1290 g/mol. The summed E-state index contributed by atoms with van der Waals surface area (Å²) in [6.07, 6.45) is 18.2. The summed E-state index contributed by atoms with van der Waals surface area (Å²) in [6, 6.07) is 28.2. The van der Waals surface area contributed by atoms with E-state index in [9.17, 15) is 38.1 Å². The molecule has 0 bridgehead atoms. The lowest BCUT2D eigenvalue weighted by atomic mass is 9.76. The number of nitrogens with one attached hydrogen (secondary N) is 2. The molecule has 4 aromatic rings. The maximum absolute atomic E-state index is 12.9. The second-order valence-corrected chi connectivity index (χ2v) is 27.3. The van der Waals surface area contributed by atoms with Crippen LogP contribution in [0.15, 0.2) is 84.9 Å². The van der Waals surface area contributed by atoms with E-state index in [1.165, 1.54) is 16.7 Å². The standard InChI is InChI=1S/C68H97Cl2N3O13P2/c1-3-82-51-52(26-24-48-86-88(80,81)84-46-22-13-9-5-7-11-18-30-56(75)35-42-68(77)72-66-40-36-57(53-27-15-14-16-28-53)60-43-44-73(2)50-62(60)66)25-23-47-85-87(78,79)83-45-21-12-8-4-6-10-17-29-55(74)34-41-67(76)71-65-39-37-58(59-31-19-20-32-61(59)65)54-33-38-63(69)64(70)49-54/h14-16,19-20,27-28,31-33,36,38,40,49,52,58,65H,3-13,17-18,21-26,29-30,34-35,37,39,41-48,50-51H2,1-2H3,(H,71,76)(H,72,77)(H,78,79)(H,80,81)/p-2/t52?,58-,65-/m0/s1. The van der Waals surface area contributed by atoms with Crippen LogP contribution in [0.1, 0.15) is 214 Å². The van der Waals surface area contributed by atoms with Crippen molar-refractivity contribution in [3.05, 3.63) is 123 Å². The molecule has 4 aromatic carbocycles. The van der Waals surface area contributed by atoms with E-state index < -0.39 is 15.6 Å². The predicted octanol–water partition coefficient (Wildman–Crippen LogP) is 15.5. The quantitative estimate of drug-likeness (QED) is 0.0310. The van der Waals surface area contributed by atoms with Gasteiger partial charge in [0.05, 0.1) is 42.5 Å². The van der Waals surface area contributed by atoms with E-state index in [0.717, 1.165) is 137 Å². The molecule has 2 N–H and O–H groups in total. The minimum atomic E-state index is -4.46. The number of hydrogen-bond acceptors (Lipinski definition) is 14. The van der Waals surface area contributed by atoms with Gasteiger partial charge < -0.3 is 48.2 Å². The molecule has 2 aliphatic rings. The Balaban J connectivity index is 0.700. The lowest BCUT2D eigenvalue weighted by Crippen LogP contribution is -2.32. The molecule has 0 spiro atoms. The molecule has 486 valence electrons. The lowest BCUT2D eigenvalue weighted by Gasteiger charge is -2.32. The molecule has 0 fully saturated rings. The van der Waals surface area contributed by atoms with Gasteiger partial charge in [0, 0.05) is 76.4 Å². The van der Waals surface area contributed by atoms with Gasteiger partial charge in [-0.05, 0) is 148 Å². The van der Waals surface area contributed by atoms with Crippen molar-refractivity contribution in [2.45, 2.75) is 199 Å². The normalized spacial score (nSPS) is 16.7. The highest BCUT2D eigenvalue weighted by molar-refractivity contribution is 7.46. The fraction of sp³-hybridized carbons (Fsp3) is 0.588. The Bertz CT molecular complexity index is 2880. The van der Waals surface area contributed by atoms with Crippen molar-refractivity contribution in [3.8, 4) is 11.1 Å². The van der Waals surface area contributed by atoms with Crippen LogP contribution < -0.4 is 20.4 Å². The topological polar surface area (TPSA) is 222 Å². The number of phosphoric acid groups is 2. The largest absolute Gasteiger partial charge is 0.756 e. The highest BCUT2D eigenvalue weighted by atomic mass is 35.5. The van der Waals surface area contributed by atoms with Crippen molar-refractivity contribution in [3.63, 3.8) is 0 Å². The molecule has 0 saturated heterocycles. The summed E-state index contributed by atoms with van der Waals surface area (Å²) in [4.78, 5) is 78.3. The Hall–Kier alpha value is -4.12. The zero-order chi connectivity index (χ0) is 63.0. The number of likely N-dealkylation sites (N-methyl/N-ethyl adjacent to an activating group) is 1. The molecular weight excluding hydrogens is 1200 g/mol. The number of carbonyl (C=O) groups excluding carboxylic acids is 4. The SMILES string of the molecule is CCOCC(CCCOP(=O)([O-])OCCCCCCCCCC(=O)CCC(=O)Nc1ccc(-c2ccccc2)c2c1CN(C)CC2)CCCOP(=O)([O-])OCCCCCCCCCC(=O)CCC(=O)N[C@H]1CC[C@@H](c2ccc(Cl)c(Cl)c2)c2ccccc21. The van der Waals surface area contributed by atoms with Gasteiger partial charge in [-0.3, -0.25) is 28.3 Å². The highest BCUT2D eigenvalue weighted by Crippen LogP contribution is 2.44. The molecule has 88 heavy (non-hydrogen) atoms. The molecule has 1 heterocycles. The van der Waals surface area contributed by atoms with Crippen LogP contribution in [0.2, 0.25) is 10.0 Å². The van der Waals surface area contributed by atoms with E-state index in [1.807, 2.05) is 61.5 Å². The van der Waals surface area contributed by atoms with Crippen LogP contribution in [-0.2, 0) is 64.1 Å². The summed E-state index contributed by atoms with van der Waals surface area (Å²) >= 11 is 12.5. The van der Waals surface area contributed by atoms with E-state index in [4.69, 9.17) is 46.0 Å². The van der Waals surface area contributed by atoms with Crippen LogP contribution in [0.25, 0.3) is 11.1 Å². The number of halogens is 2. The van der Waals surface area contributed by atoms with Crippen LogP contribution >= 0.6 is 38.8 Å². The number of hydrogen-bond donors (Lipinski definition) is 2. The number of Topliss-reactive ketones (excluding diaryl/α,β-unsaturated/α-hetero) is 2. The number of ketones is 2. The molecule has 5 atom stereocenters. The molecule has 6 rings (SSSR count). The van der Waals surface area contributed by atoms with Gasteiger partial charge in [-0.2, -0.15) is 0 Å². The van der Waals surface area contributed by atoms with Crippen molar-refractivity contribution in [2.24, 2.45) is 5.92 Å². The first-order valence-electron chi connectivity index (χ1n) is 32.3. The summed E-state index contributed by atoms with van der Waals surface area (Å²) in [5.74, 6) is 0.128. The first-order valence-corrected chi connectivity index (χ1v) is 36.0. The van der Waals surface area contributed by atoms with Crippen molar-refractivity contribution >= 4 is 67.9 Å². The zero-order valence-electron chi connectivity index (χ0n) is 52.0. The van der Waals surface area contributed by atoms with Crippen LogP contribution in [0.5, 0.6) is 0 Å². The number of unbranched alkanes of at least 4 members (excludes halogenated alkanes) is 12. The molecule has 3 unspecified atom stereocenters. The molecule has 0 saturated carbocycles. The second-order valence-electron chi connectivity index (χ2n) is 23.6. The summed E-state index contributed by atoms with van der Waals surface area (Å²) in [5, 5.41) is 7.30. The van der Waals surface area contributed by atoms with Gasteiger partial charge in [-0.25, -0.2) is 0 Å². The number of fused-ring (bicyclic) bond motifs is 2. The number of amides is 2. The first-order chi connectivity index (χ1) is 42.5. The van der Waals surface area contributed by atoms with Gasteiger partial charge >= 0.3 is 0 Å². The van der Waals surface area contributed by atoms with E-state index in [-0.39, 0.29) is 93.4 Å². The number of ether oxygens (including phenoxy) is 1. The summed E-state index contributed by atoms with van der Waals surface area (Å²) < 4.78 is 50.9. The number of phosphoric ester groups is 2. The van der Waals surface area contributed by atoms with Gasteiger partial charge in [0.2, 0.25) is 11.8 Å². The molecule has 16 nitrogen and oxygen atoms in total. The van der Waals surface area contributed by atoms with E-state index in [0.29, 0.717) is 74.6 Å². The molecular formula is C68H95Cl2N3O13P2-2. The zero-order valence-corrected chi connectivity index (χ0v) is 55.3. The Morgan fingerprint density at radius 3 is 1.70 bits per heavy atom.